The molecule has 8 heteroatoms. The summed E-state index contributed by atoms with van der Waals surface area (Å²) in [5, 5.41) is 16.4. The van der Waals surface area contributed by atoms with Gasteiger partial charge in [-0.05, 0) is 62.8 Å². The Kier molecular flexibility index (Phi) is 5.03. The highest BCUT2D eigenvalue weighted by Gasteiger charge is 2.45. The number of halogens is 3. The van der Waals surface area contributed by atoms with Crippen LogP contribution in [0.4, 0.5) is 18.0 Å². The summed E-state index contributed by atoms with van der Waals surface area (Å²) in [5.41, 5.74) is -0.732. The molecule has 1 aromatic rings. The van der Waals surface area contributed by atoms with Crippen LogP contribution in [0.5, 0.6) is 0 Å². The van der Waals surface area contributed by atoms with E-state index in [9.17, 15) is 23.1 Å². The Hall–Kier alpha value is -1.80. The normalized spacial score (nSPS) is 33.0. The molecule has 2 amide bonds. The lowest BCUT2D eigenvalue weighted by Gasteiger charge is -2.43. The van der Waals surface area contributed by atoms with E-state index in [2.05, 4.69) is 10.6 Å². The molecule has 3 aliphatic heterocycles. The second-order valence-electron chi connectivity index (χ2n) is 8.29. The molecule has 0 radical (unpaired) electrons. The summed E-state index contributed by atoms with van der Waals surface area (Å²) in [7, 11) is 0. The maximum absolute atomic E-state index is 13.2. The van der Waals surface area contributed by atoms with Crippen molar-refractivity contribution in [2.45, 2.75) is 68.4 Å². The Morgan fingerprint density at radius 1 is 1.18 bits per heavy atom. The van der Waals surface area contributed by atoms with Gasteiger partial charge in [0.25, 0.3) is 0 Å². The summed E-state index contributed by atoms with van der Waals surface area (Å²) in [6, 6.07) is 5.01. The van der Waals surface area contributed by atoms with Crippen LogP contribution < -0.4 is 10.6 Å². The smallest absolute Gasteiger partial charge is 0.393 e. The van der Waals surface area contributed by atoms with Gasteiger partial charge in [0.2, 0.25) is 0 Å². The molecule has 3 saturated heterocycles. The highest BCUT2D eigenvalue weighted by Crippen LogP contribution is 2.38. The van der Waals surface area contributed by atoms with Gasteiger partial charge in [-0.3, -0.25) is 0 Å². The number of aliphatic hydroxyl groups is 1. The highest BCUT2D eigenvalue weighted by molar-refractivity contribution is 5.77. The molecule has 3 atom stereocenters. The molecule has 5 nitrogen and oxygen atoms in total. The van der Waals surface area contributed by atoms with Gasteiger partial charge in [0.05, 0.1) is 17.2 Å². The Balaban J connectivity index is 1.57. The number of alkyl halides is 3. The number of urea groups is 1. The Labute approximate surface area is 162 Å². The lowest BCUT2D eigenvalue weighted by molar-refractivity contribution is -0.137. The molecule has 0 spiro atoms. The molecular weight excluding hydrogens is 371 g/mol. The fraction of sp³-hybridized carbons (Fsp3) is 0.650. The molecule has 4 rings (SSSR count). The van der Waals surface area contributed by atoms with Gasteiger partial charge in [0.15, 0.2) is 0 Å². The zero-order valence-corrected chi connectivity index (χ0v) is 15.6. The number of piperidine rings is 2. The SMILES string of the molecule is O=C(N[C@]1(c2ccc(C(F)(F)F)cc2)CCCNC1)N1C2CCC1CC(O)C2. The van der Waals surface area contributed by atoms with Gasteiger partial charge in [0, 0.05) is 18.6 Å². The van der Waals surface area contributed by atoms with Crippen LogP contribution in [0.15, 0.2) is 24.3 Å². The summed E-state index contributed by atoms with van der Waals surface area (Å²) in [6.45, 7) is 1.30. The van der Waals surface area contributed by atoms with E-state index in [1.54, 1.807) is 0 Å². The van der Waals surface area contributed by atoms with Crippen molar-refractivity contribution in [2.24, 2.45) is 0 Å². The van der Waals surface area contributed by atoms with Crippen LogP contribution in [0, 0.1) is 0 Å². The second-order valence-corrected chi connectivity index (χ2v) is 8.29. The third-order valence-electron chi connectivity index (χ3n) is 6.44. The molecule has 3 heterocycles. The first-order valence-electron chi connectivity index (χ1n) is 9.95. The van der Waals surface area contributed by atoms with Crippen LogP contribution in [0.25, 0.3) is 0 Å². The van der Waals surface area contributed by atoms with Crippen LogP contribution >= 0.6 is 0 Å². The standard InChI is InChI=1S/C20H26F3N3O2/c21-20(22,23)14-4-2-13(3-5-14)19(8-1-9-24-12-19)25-18(28)26-15-6-7-16(26)11-17(27)10-15/h2-5,15-17,24,27H,1,6-12H2,(H,25,28)/t15?,16?,17?,19-/m1/s1. The van der Waals surface area contributed by atoms with Crippen LogP contribution in [0.2, 0.25) is 0 Å². The van der Waals surface area contributed by atoms with Crippen molar-refractivity contribution in [1.29, 1.82) is 0 Å². The third-order valence-corrected chi connectivity index (χ3v) is 6.44. The van der Waals surface area contributed by atoms with Gasteiger partial charge in [-0.25, -0.2) is 4.79 Å². The lowest BCUT2D eigenvalue weighted by atomic mass is 9.82. The average Bonchev–Trinajstić information content (AvgIpc) is 2.93. The first-order chi connectivity index (χ1) is 13.3. The van der Waals surface area contributed by atoms with E-state index in [0.29, 0.717) is 31.4 Å². The van der Waals surface area contributed by atoms with Gasteiger partial charge in [-0.1, -0.05) is 12.1 Å². The molecule has 3 N–H and O–H groups in total. The van der Waals surface area contributed by atoms with E-state index in [1.807, 2.05) is 4.90 Å². The van der Waals surface area contributed by atoms with E-state index in [0.717, 1.165) is 37.9 Å². The number of nitrogens with zero attached hydrogens (tertiary/aromatic N) is 1. The maximum atomic E-state index is 13.2. The van der Waals surface area contributed by atoms with Crippen molar-refractivity contribution in [1.82, 2.24) is 15.5 Å². The molecular formula is C20H26F3N3O2. The molecule has 2 unspecified atom stereocenters. The maximum Gasteiger partial charge on any atom is 0.416 e. The van der Waals surface area contributed by atoms with E-state index in [-0.39, 0.29) is 24.2 Å². The predicted octanol–water partition coefficient (Wildman–Crippen LogP) is 2.98. The number of carbonyl (C=O) groups excluding carboxylic acids is 1. The molecule has 0 aromatic heterocycles. The minimum Gasteiger partial charge on any atom is -0.393 e. The third kappa shape index (κ3) is 3.59. The number of fused-ring (bicyclic) bond motifs is 2. The Morgan fingerprint density at radius 3 is 2.36 bits per heavy atom. The number of nitrogens with one attached hydrogen (secondary N) is 2. The number of benzene rings is 1. The minimum atomic E-state index is -4.38. The topological polar surface area (TPSA) is 64.6 Å². The molecule has 3 aliphatic rings. The summed E-state index contributed by atoms with van der Waals surface area (Å²) in [4.78, 5) is 15.0. The van der Waals surface area contributed by atoms with E-state index < -0.39 is 17.3 Å². The van der Waals surface area contributed by atoms with Gasteiger partial charge < -0.3 is 20.6 Å². The van der Waals surface area contributed by atoms with Crippen molar-refractivity contribution in [3.63, 3.8) is 0 Å². The van der Waals surface area contributed by atoms with Crippen molar-refractivity contribution < 1.29 is 23.1 Å². The average molecular weight is 397 g/mol. The summed E-state index contributed by atoms with van der Waals surface area (Å²) < 4.78 is 38.8. The molecule has 3 fully saturated rings. The first-order valence-corrected chi connectivity index (χ1v) is 9.95. The Bertz CT molecular complexity index is 702. The fourth-order valence-electron chi connectivity index (χ4n) is 5.06. The summed E-state index contributed by atoms with van der Waals surface area (Å²) >= 11 is 0. The predicted molar refractivity (Wildman–Crippen MR) is 97.6 cm³/mol. The van der Waals surface area contributed by atoms with Crippen LogP contribution in [0.3, 0.4) is 0 Å². The van der Waals surface area contributed by atoms with Crippen LogP contribution in [0.1, 0.15) is 49.7 Å². The number of aliphatic hydroxyl groups excluding tert-OH is 1. The summed E-state index contributed by atoms with van der Waals surface area (Å²) in [6.07, 6.45) is -0.280. The Morgan fingerprint density at radius 2 is 1.82 bits per heavy atom. The fourth-order valence-corrected chi connectivity index (χ4v) is 5.06. The van der Waals surface area contributed by atoms with Gasteiger partial charge >= 0.3 is 12.2 Å². The quantitative estimate of drug-likeness (QED) is 0.719. The number of hydrogen-bond acceptors (Lipinski definition) is 3. The largest absolute Gasteiger partial charge is 0.416 e. The van der Waals surface area contributed by atoms with Crippen molar-refractivity contribution >= 4 is 6.03 Å². The molecule has 154 valence electrons. The first kappa shape index (κ1) is 19.5. The molecule has 2 bridgehead atoms. The zero-order valence-electron chi connectivity index (χ0n) is 15.6. The number of hydrogen-bond donors (Lipinski definition) is 3. The molecule has 1 aromatic carbocycles. The second kappa shape index (κ2) is 7.22. The van der Waals surface area contributed by atoms with Gasteiger partial charge in [-0.15, -0.1) is 0 Å². The van der Waals surface area contributed by atoms with Crippen molar-refractivity contribution in [3.05, 3.63) is 35.4 Å². The highest BCUT2D eigenvalue weighted by atomic mass is 19.4. The van der Waals surface area contributed by atoms with Gasteiger partial charge in [0.1, 0.15) is 0 Å². The van der Waals surface area contributed by atoms with Crippen molar-refractivity contribution in [3.8, 4) is 0 Å². The summed E-state index contributed by atoms with van der Waals surface area (Å²) in [5.74, 6) is 0. The van der Waals surface area contributed by atoms with Crippen LogP contribution in [-0.4, -0.2) is 47.3 Å². The van der Waals surface area contributed by atoms with E-state index in [1.165, 1.54) is 12.1 Å². The lowest BCUT2D eigenvalue weighted by Crippen LogP contribution is -2.60. The van der Waals surface area contributed by atoms with Crippen molar-refractivity contribution in [2.75, 3.05) is 13.1 Å². The van der Waals surface area contributed by atoms with Crippen LogP contribution in [-0.2, 0) is 11.7 Å². The molecule has 28 heavy (non-hydrogen) atoms. The van der Waals surface area contributed by atoms with Gasteiger partial charge in [-0.2, -0.15) is 13.2 Å². The van der Waals surface area contributed by atoms with E-state index >= 15 is 0 Å². The number of carbonyl (C=O) groups is 1. The molecule has 0 aliphatic carbocycles. The van der Waals surface area contributed by atoms with E-state index in [4.69, 9.17) is 0 Å². The zero-order chi connectivity index (χ0) is 19.9. The minimum absolute atomic E-state index is 0.0370. The number of rotatable bonds is 2. The molecule has 0 saturated carbocycles. The monoisotopic (exact) mass is 397 g/mol. The number of amides is 2.